The SMILES string of the molecule is CCN(CC1CCCO1)c1ncc(N)cn1. The first kappa shape index (κ1) is 11.1. The molecule has 1 saturated heterocycles. The second-order valence-electron chi connectivity index (χ2n) is 3.99. The van der Waals surface area contributed by atoms with Gasteiger partial charge in [0, 0.05) is 19.7 Å². The van der Waals surface area contributed by atoms with Crippen molar-refractivity contribution >= 4 is 11.6 Å². The number of rotatable bonds is 4. The molecule has 1 unspecified atom stereocenters. The highest BCUT2D eigenvalue weighted by molar-refractivity contribution is 5.37. The molecule has 16 heavy (non-hydrogen) atoms. The number of anilines is 2. The number of nitrogens with two attached hydrogens (primary N) is 1. The van der Waals surface area contributed by atoms with Gasteiger partial charge in [-0.15, -0.1) is 0 Å². The smallest absolute Gasteiger partial charge is 0.225 e. The van der Waals surface area contributed by atoms with Crippen molar-refractivity contribution in [2.75, 3.05) is 30.3 Å². The van der Waals surface area contributed by atoms with Crippen molar-refractivity contribution in [3.05, 3.63) is 12.4 Å². The van der Waals surface area contributed by atoms with E-state index in [0.717, 1.165) is 38.5 Å². The van der Waals surface area contributed by atoms with Gasteiger partial charge in [-0.05, 0) is 19.8 Å². The molecular weight excluding hydrogens is 204 g/mol. The minimum absolute atomic E-state index is 0.320. The van der Waals surface area contributed by atoms with E-state index in [0.29, 0.717) is 11.8 Å². The Bertz CT molecular complexity index is 321. The zero-order chi connectivity index (χ0) is 11.4. The molecule has 1 aromatic rings. The maximum Gasteiger partial charge on any atom is 0.225 e. The van der Waals surface area contributed by atoms with E-state index in [1.807, 2.05) is 0 Å². The molecule has 1 fully saturated rings. The monoisotopic (exact) mass is 222 g/mol. The van der Waals surface area contributed by atoms with E-state index in [-0.39, 0.29) is 0 Å². The lowest BCUT2D eigenvalue weighted by molar-refractivity contribution is 0.115. The molecule has 1 atom stereocenters. The molecule has 0 radical (unpaired) electrons. The maximum atomic E-state index is 5.61. The molecule has 1 aliphatic heterocycles. The highest BCUT2D eigenvalue weighted by atomic mass is 16.5. The third kappa shape index (κ3) is 2.61. The van der Waals surface area contributed by atoms with E-state index < -0.39 is 0 Å². The summed E-state index contributed by atoms with van der Waals surface area (Å²) >= 11 is 0. The number of likely N-dealkylation sites (N-methyl/N-ethyl adjacent to an activating group) is 1. The minimum atomic E-state index is 0.320. The number of ether oxygens (including phenoxy) is 1. The van der Waals surface area contributed by atoms with Crippen LogP contribution in [0, 0.1) is 0 Å². The van der Waals surface area contributed by atoms with Gasteiger partial charge in [0.15, 0.2) is 0 Å². The summed E-state index contributed by atoms with van der Waals surface area (Å²) in [6.07, 6.45) is 5.89. The van der Waals surface area contributed by atoms with Crippen molar-refractivity contribution in [1.82, 2.24) is 9.97 Å². The second kappa shape index (κ2) is 5.12. The second-order valence-corrected chi connectivity index (χ2v) is 3.99. The average Bonchev–Trinajstić information content (AvgIpc) is 2.80. The summed E-state index contributed by atoms with van der Waals surface area (Å²) in [5.41, 5.74) is 6.16. The van der Waals surface area contributed by atoms with E-state index in [1.165, 1.54) is 0 Å². The highest BCUT2D eigenvalue weighted by Crippen LogP contribution is 2.16. The van der Waals surface area contributed by atoms with Crippen molar-refractivity contribution in [3.8, 4) is 0 Å². The normalized spacial score (nSPS) is 19.9. The van der Waals surface area contributed by atoms with Gasteiger partial charge >= 0.3 is 0 Å². The van der Waals surface area contributed by atoms with E-state index >= 15 is 0 Å². The molecule has 88 valence electrons. The zero-order valence-corrected chi connectivity index (χ0v) is 9.59. The summed E-state index contributed by atoms with van der Waals surface area (Å²) < 4.78 is 5.61. The Labute approximate surface area is 95.6 Å². The fourth-order valence-electron chi connectivity index (χ4n) is 1.88. The zero-order valence-electron chi connectivity index (χ0n) is 9.59. The molecule has 0 aromatic carbocycles. The summed E-state index contributed by atoms with van der Waals surface area (Å²) in [5.74, 6) is 0.729. The molecule has 1 aliphatic rings. The summed E-state index contributed by atoms with van der Waals surface area (Å²) in [6, 6.07) is 0. The third-order valence-electron chi connectivity index (χ3n) is 2.77. The fourth-order valence-corrected chi connectivity index (χ4v) is 1.88. The van der Waals surface area contributed by atoms with Crippen molar-refractivity contribution < 1.29 is 4.74 Å². The van der Waals surface area contributed by atoms with Crippen LogP contribution in [0.15, 0.2) is 12.4 Å². The van der Waals surface area contributed by atoms with Gasteiger partial charge in [0.2, 0.25) is 5.95 Å². The first-order valence-corrected chi connectivity index (χ1v) is 5.73. The van der Waals surface area contributed by atoms with Crippen molar-refractivity contribution in [2.24, 2.45) is 0 Å². The molecule has 0 amide bonds. The molecule has 2 rings (SSSR count). The first-order valence-electron chi connectivity index (χ1n) is 5.73. The van der Waals surface area contributed by atoms with Crippen LogP contribution in [-0.4, -0.2) is 35.8 Å². The predicted octanol–water partition coefficient (Wildman–Crippen LogP) is 1.06. The average molecular weight is 222 g/mol. The van der Waals surface area contributed by atoms with Crippen LogP contribution in [0.2, 0.25) is 0 Å². The lowest BCUT2D eigenvalue weighted by atomic mass is 10.2. The summed E-state index contributed by atoms with van der Waals surface area (Å²) in [6.45, 7) is 4.71. The summed E-state index contributed by atoms with van der Waals surface area (Å²) in [4.78, 5) is 10.6. The number of hydrogen-bond donors (Lipinski definition) is 1. The van der Waals surface area contributed by atoms with Gasteiger partial charge < -0.3 is 15.4 Å². The number of nitrogens with zero attached hydrogens (tertiary/aromatic N) is 3. The molecule has 0 aliphatic carbocycles. The molecule has 0 saturated carbocycles. The van der Waals surface area contributed by atoms with Gasteiger partial charge in [-0.3, -0.25) is 0 Å². The van der Waals surface area contributed by atoms with Crippen molar-refractivity contribution in [1.29, 1.82) is 0 Å². The fraction of sp³-hybridized carbons (Fsp3) is 0.636. The summed E-state index contributed by atoms with van der Waals surface area (Å²) in [7, 11) is 0. The molecule has 2 heterocycles. The number of hydrogen-bond acceptors (Lipinski definition) is 5. The van der Waals surface area contributed by atoms with E-state index in [2.05, 4.69) is 21.8 Å². The van der Waals surface area contributed by atoms with Crippen molar-refractivity contribution in [3.63, 3.8) is 0 Å². The van der Waals surface area contributed by atoms with Crippen LogP contribution in [0.5, 0.6) is 0 Å². The van der Waals surface area contributed by atoms with Gasteiger partial charge in [-0.25, -0.2) is 9.97 Å². The first-order chi connectivity index (χ1) is 7.79. The Morgan fingerprint density at radius 3 is 2.81 bits per heavy atom. The van der Waals surface area contributed by atoms with E-state index in [4.69, 9.17) is 10.5 Å². The van der Waals surface area contributed by atoms with E-state index in [1.54, 1.807) is 12.4 Å². The molecule has 0 bridgehead atoms. The van der Waals surface area contributed by atoms with Crippen LogP contribution in [0.1, 0.15) is 19.8 Å². The Morgan fingerprint density at radius 2 is 2.25 bits per heavy atom. The quantitative estimate of drug-likeness (QED) is 0.825. The predicted molar refractivity (Wildman–Crippen MR) is 63.3 cm³/mol. The van der Waals surface area contributed by atoms with Gasteiger partial charge in [0.25, 0.3) is 0 Å². The third-order valence-corrected chi connectivity index (χ3v) is 2.77. The maximum absolute atomic E-state index is 5.61. The minimum Gasteiger partial charge on any atom is -0.396 e. The number of aromatic nitrogens is 2. The lowest BCUT2D eigenvalue weighted by Crippen LogP contribution is -2.33. The Kier molecular flexibility index (Phi) is 3.56. The molecular formula is C11H18N4O. The number of nitrogen functional groups attached to an aromatic ring is 1. The van der Waals surface area contributed by atoms with Crippen LogP contribution >= 0.6 is 0 Å². The van der Waals surface area contributed by atoms with Crippen LogP contribution in [0.25, 0.3) is 0 Å². The highest BCUT2D eigenvalue weighted by Gasteiger charge is 2.19. The van der Waals surface area contributed by atoms with Crippen LogP contribution in [0.4, 0.5) is 11.6 Å². The molecule has 0 spiro atoms. The Balaban J connectivity index is 2.00. The van der Waals surface area contributed by atoms with Crippen LogP contribution in [0.3, 0.4) is 0 Å². The van der Waals surface area contributed by atoms with Gasteiger partial charge in [-0.1, -0.05) is 0 Å². The molecule has 5 nitrogen and oxygen atoms in total. The lowest BCUT2D eigenvalue weighted by Gasteiger charge is -2.23. The molecule has 2 N–H and O–H groups in total. The topological polar surface area (TPSA) is 64.3 Å². The molecule has 1 aromatic heterocycles. The molecule has 5 heteroatoms. The van der Waals surface area contributed by atoms with Gasteiger partial charge in [0.1, 0.15) is 0 Å². The standard InChI is InChI=1S/C11H18N4O/c1-2-15(8-10-4-3-5-16-10)11-13-6-9(12)7-14-11/h6-7,10H,2-5,8,12H2,1H3. The Morgan fingerprint density at radius 1 is 1.50 bits per heavy atom. The Hall–Kier alpha value is -1.36. The van der Waals surface area contributed by atoms with E-state index in [9.17, 15) is 0 Å². The van der Waals surface area contributed by atoms with Gasteiger partial charge in [-0.2, -0.15) is 0 Å². The van der Waals surface area contributed by atoms with Crippen LogP contribution in [-0.2, 0) is 4.74 Å². The largest absolute Gasteiger partial charge is 0.396 e. The summed E-state index contributed by atoms with van der Waals surface area (Å²) in [5, 5.41) is 0. The van der Waals surface area contributed by atoms with Crippen molar-refractivity contribution in [2.45, 2.75) is 25.9 Å². The van der Waals surface area contributed by atoms with Crippen LogP contribution < -0.4 is 10.6 Å². The van der Waals surface area contributed by atoms with Gasteiger partial charge in [0.05, 0.1) is 24.2 Å².